The number of likely N-dealkylation sites (tertiary alicyclic amines) is 1. The normalized spacial score (nSPS) is 22.7. The predicted molar refractivity (Wildman–Crippen MR) is 79.8 cm³/mol. The summed E-state index contributed by atoms with van der Waals surface area (Å²) in [5.74, 6) is 0. The number of likely N-dealkylation sites (N-methyl/N-ethyl adjacent to an activating group) is 1. The fourth-order valence-electron chi connectivity index (χ4n) is 2.70. The summed E-state index contributed by atoms with van der Waals surface area (Å²) in [5.41, 5.74) is 6.09. The quantitative estimate of drug-likeness (QED) is 0.708. The Balaban J connectivity index is 2.15. The van der Waals surface area contributed by atoms with Crippen molar-refractivity contribution in [2.75, 3.05) is 40.3 Å². The first-order chi connectivity index (χ1) is 8.44. The van der Waals surface area contributed by atoms with Crippen LogP contribution in [0.1, 0.15) is 46.0 Å². The second-order valence-electron chi connectivity index (χ2n) is 6.89. The number of unbranched alkanes of at least 4 members (excludes halogenated alkanes) is 1. The summed E-state index contributed by atoms with van der Waals surface area (Å²) in [6.45, 7) is 9.17. The molecule has 3 nitrogen and oxygen atoms in total. The highest BCUT2D eigenvalue weighted by Crippen LogP contribution is 2.22. The predicted octanol–water partition coefficient (Wildman–Crippen LogP) is 2.17. The van der Waals surface area contributed by atoms with Gasteiger partial charge in [-0.3, -0.25) is 0 Å². The zero-order valence-electron chi connectivity index (χ0n) is 12.9. The molecule has 1 saturated heterocycles. The number of nitrogens with two attached hydrogens (primary N) is 1. The van der Waals surface area contributed by atoms with E-state index in [9.17, 15) is 0 Å². The fraction of sp³-hybridized carbons (Fsp3) is 1.00. The number of hydrogen-bond donors (Lipinski definition) is 1. The molecule has 2 N–H and O–H groups in total. The lowest BCUT2D eigenvalue weighted by molar-refractivity contribution is 0.130. The van der Waals surface area contributed by atoms with Crippen molar-refractivity contribution in [2.45, 2.75) is 52.0 Å². The van der Waals surface area contributed by atoms with Gasteiger partial charge in [0.1, 0.15) is 0 Å². The molecule has 1 heterocycles. The Labute approximate surface area is 114 Å². The van der Waals surface area contributed by atoms with Crippen molar-refractivity contribution in [3.05, 3.63) is 0 Å². The fourth-order valence-corrected chi connectivity index (χ4v) is 2.70. The molecule has 1 fully saturated rings. The highest BCUT2D eigenvalue weighted by molar-refractivity contribution is 4.78. The summed E-state index contributed by atoms with van der Waals surface area (Å²) in [6.07, 6.45) is 6.62. The largest absolute Gasteiger partial charge is 0.330 e. The Morgan fingerprint density at radius 3 is 2.61 bits per heavy atom. The topological polar surface area (TPSA) is 32.5 Å². The maximum absolute atomic E-state index is 5.77. The maximum atomic E-state index is 5.77. The van der Waals surface area contributed by atoms with E-state index in [4.69, 9.17) is 5.73 Å². The van der Waals surface area contributed by atoms with Gasteiger partial charge < -0.3 is 15.5 Å². The lowest BCUT2D eigenvalue weighted by Crippen LogP contribution is -2.45. The van der Waals surface area contributed by atoms with Gasteiger partial charge in [-0.05, 0) is 64.8 Å². The molecule has 0 spiro atoms. The number of hydrogen-bond acceptors (Lipinski definition) is 3. The first kappa shape index (κ1) is 15.9. The van der Waals surface area contributed by atoms with Crippen LogP contribution in [-0.2, 0) is 0 Å². The third-order valence-electron chi connectivity index (χ3n) is 4.34. The summed E-state index contributed by atoms with van der Waals surface area (Å²) in [7, 11) is 4.41. The SMILES string of the molecule is CN(C)C1CCCN(CCCCC(C)(C)CN)C1. The molecule has 0 aromatic heterocycles. The van der Waals surface area contributed by atoms with Gasteiger partial charge in [0.05, 0.1) is 0 Å². The molecule has 18 heavy (non-hydrogen) atoms. The van der Waals surface area contributed by atoms with Gasteiger partial charge in [0.15, 0.2) is 0 Å². The maximum Gasteiger partial charge on any atom is 0.0217 e. The second-order valence-corrected chi connectivity index (χ2v) is 6.89. The van der Waals surface area contributed by atoms with Crippen molar-refractivity contribution in [2.24, 2.45) is 11.1 Å². The van der Waals surface area contributed by atoms with Crippen LogP contribution in [0.2, 0.25) is 0 Å². The second kappa shape index (κ2) is 7.46. The van der Waals surface area contributed by atoms with Crippen LogP contribution < -0.4 is 5.73 Å². The van der Waals surface area contributed by atoms with Gasteiger partial charge in [-0.25, -0.2) is 0 Å². The van der Waals surface area contributed by atoms with E-state index < -0.39 is 0 Å². The van der Waals surface area contributed by atoms with Gasteiger partial charge >= 0.3 is 0 Å². The molecule has 0 aromatic rings. The van der Waals surface area contributed by atoms with Crippen molar-refractivity contribution in [1.82, 2.24) is 9.80 Å². The third kappa shape index (κ3) is 5.68. The smallest absolute Gasteiger partial charge is 0.0217 e. The Morgan fingerprint density at radius 2 is 2.00 bits per heavy atom. The van der Waals surface area contributed by atoms with Gasteiger partial charge in [0.2, 0.25) is 0 Å². The van der Waals surface area contributed by atoms with Gasteiger partial charge in [0, 0.05) is 12.6 Å². The van der Waals surface area contributed by atoms with Crippen LogP contribution >= 0.6 is 0 Å². The van der Waals surface area contributed by atoms with Gasteiger partial charge in [-0.2, -0.15) is 0 Å². The van der Waals surface area contributed by atoms with E-state index in [1.165, 1.54) is 51.7 Å². The van der Waals surface area contributed by atoms with Gasteiger partial charge in [-0.15, -0.1) is 0 Å². The van der Waals surface area contributed by atoms with Crippen molar-refractivity contribution in [1.29, 1.82) is 0 Å². The molecule has 0 radical (unpaired) electrons. The number of rotatable bonds is 7. The minimum Gasteiger partial charge on any atom is -0.330 e. The van der Waals surface area contributed by atoms with Gasteiger partial charge in [-0.1, -0.05) is 20.3 Å². The molecule has 1 atom stereocenters. The van der Waals surface area contributed by atoms with E-state index in [-0.39, 0.29) is 0 Å². The average molecular weight is 255 g/mol. The summed E-state index contributed by atoms with van der Waals surface area (Å²) in [5, 5.41) is 0. The summed E-state index contributed by atoms with van der Waals surface area (Å²) < 4.78 is 0. The summed E-state index contributed by atoms with van der Waals surface area (Å²) in [6, 6.07) is 0.763. The first-order valence-electron chi connectivity index (χ1n) is 7.53. The highest BCUT2D eigenvalue weighted by atomic mass is 15.2. The van der Waals surface area contributed by atoms with Crippen LogP contribution in [0.25, 0.3) is 0 Å². The van der Waals surface area contributed by atoms with E-state index in [2.05, 4.69) is 37.7 Å². The Bertz CT molecular complexity index is 226. The Morgan fingerprint density at radius 1 is 1.28 bits per heavy atom. The lowest BCUT2D eigenvalue weighted by Gasteiger charge is -2.36. The molecule has 108 valence electrons. The molecule has 0 saturated carbocycles. The van der Waals surface area contributed by atoms with E-state index >= 15 is 0 Å². The molecule has 1 aliphatic rings. The van der Waals surface area contributed by atoms with Crippen LogP contribution in [0, 0.1) is 5.41 Å². The van der Waals surface area contributed by atoms with Crippen molar-refractivity contribution >= 4 is 0 Å². The van der Waals surface area contributed by atoms with Crippen molar-refractivity contribution in [3.63, 3.8) is 0 Å². The number of piperidine rings is 1. The van der Waals surface area contributed by atoms with E-state index in [0.717, 1.165) is 12.6 Å². The third-order valence-corrected chi connectivity index (χ3v) is 4.34. The molecular formula is C15H33N3. The highest BCUT2D eigenvalue weighted by Gasteiger charge is 2.21. The Kier molecular flexibility index (Phi) is 6.61. The van der Waals surface area contributed by atoms with E-state index in [1.54, 1.807) is 0 Å². The zero-order chi connectivity index (χ0) is 13.6. The summed E-state index contributed by atoms with van der Waals surface area (Å²) >= 11 is 0. The van der Waals surface area contributed by atoms with Crippen LogP contribution in [0.4, 0.5) is 0 Å². The molecule has 1 unspecified atom stereocenters. The molecule has 1 aliphatic heterocycles. The van der Waals surface area contributed by atoms with Crippen LogP contribution in [0.3, 0.4) is 0 Å². The minimum absolute atomic E-state index is 0.327. The zero-order valence-corrected chi connectivity index (χ0v) is 12.9. The minimum atomic E-state index is 0.327. The molecule has 0 bridgehead atoms. The molecule has 1 rings (SSSR count). The van der Waals surface area contributed by atoms with Gasteiger partial charge in [0.25, 0.3) is 0 Å². The Hall–Kier alpha value is -0.120. The standard InChI is InChI=1S/C15H33N3/c1-15(2,13-16)9-5-6-10-18-11-7-8-14(12-18)17(3)4/h14H,5-13,16H2,1-4H3. The van der Waals surface area contributed by atoms with E-state index in [0.29, 0.717) is 5.41 Å². The molecular weight excluding hydrogens is 222 g/mol. The molecule has 3 heteroatoms. The monoisotopic (exact) mass is 255 g/mol. The van der Waals surface area contributed by atoms with Crippen LogP contribution in [0.15, 0.2) is 0 Å². The van der Waals surface area contributed by atoms with Crippen molar-refractivity contribution < 1.29 is 0 Å². The average Bonchev–Trinajstić information content (AvgIpc) is 2.35. The van der Waals surface area contributed by atoms with Crippen LogP contribution in [-0.4, -0.2) is 56.1 Å². The number of nitrogens with zero attached hydrogens (tertiary/aromatic N) is 2. The lowest BCUT2D eigenvalue weighted by atomic mass is 9.87. The first-order valence-corrected chi connectivity index (χ1v) is 7.53. The molecule has 0 amide bonds. The van der Waals surface area contributed by atoms with Crippen molar-refractivity contribution in [3.8, 4) is 0 Å². The van der Waals surface area contributed by atoms with E-state index in [1.807, 2.05) is 0 Å². The molecule has 0 aromatic carbocycles. The molecule has 0 aliphatic carbocycles. The van der Waals surface area contributed by atoms with Crippen LogP contribution in [0.5, 0.6) is 0 Å². The summed E-state index contributed by atoms with van der Waals surface area (Å²) in [4.78, 5) is 5.02.